The van der Waals surface area contributed by atoms with Crippen molar-refractivity contribution in [2.24, 2.45) is 0 Å². The number of unbranched alkanes of at least 4 members (excludes halogenated alkanes) is 26. The molecule has 0 aliphatic heterocycles. The summed E-state index contributed by atoms with van der Waals surface area (Å²) in [7, 11) is 0. The maximum Gasteiger partial charge on any atom is 0.306 e. The molecule has 4 nitrogen and oxygen atoms in total. The minimum Gasteiger partial charge on any atom is -0.481 e. The van der Waals surface area contributed by atoms with Gasteiger partial charge in [0.05, 0.1) is 0 Å². The summed E-state index contributed by atoms with van der Waals surface area (Å²) >= 11 is 0. The Labute approximate surface area is 268 Å². The molecule has 0 aliphatic rings. The first-order valence-electron chi connectivity index (χ1n) is 19.2. The molecule has 0 rings (SSSR count). The van der Waals surface area contributed by atoms with Gasteiger partial charge in [0.2, 0.25) is 0 Å². The number of allylic oxidation sites excluding steroid dienone is 1. The predicted molar refractivity (Wildman–Crippen MR) is 186 cm³/mol. The molecule has 0 bridgehead atoms. The minimum atomic E-state index is -0.718. The second-order valence-corrected chi connectivity index (χ2v) is 13.1. The van der Waals surface area contributed by atoms with Gasteiger partial charge in [-0.1, -0.05) is 174 Å². The normalized spacial score (nSPS) is 12.2. The summed E-state index contributed by atoms with van der Waals surface area (Å²) in [5.41, 5.74) is 0. The molecule has 1 N–H and O–H groups in total. The number of carbonyl (C=O) groups excluding carboxylic acids is 1. The van der Waals surface area contributed by atoms with Gasteiger partial charge in [0, 0.05) is 12.8 Å². The molecule has 1 atom stereocenters. The van der Waals surface area contributed by atoms with E-state index in [1.165, 1.54) is 141 Å². The Kier molecular flexibility index (Phi) is 34.1. The third-order valence-electron chi connectivity index (χ3n) is 8.72. The SMILES string of the molecule is CCCCCCCC/C=C\C(CCCCCCC(=O)O)OC(=O)CCCCCCCCCCCCCCCCCCCC. The van der Waals surface area contributed by atoms with E-state index < -0.39 is 5.97 Å². The van der Waals surface area contributed by atoms with Crippen LogP contribution in [0.15, 0.2) is 12.2 Å². The fraction of sp³-hybridized carbons (Fsp3) is 0.897. The molecular formula is C39H74O4. The lowest BCUT2D eigenvalue weighted by atomic mass is 10.0. The highest BCUT2D eigenvalue weighted by Crippen LogP contribution is 2.16. The fourth-order valence-electron chi connectivity index (χ4n) is 5.86. The summed E-state index contributed by atoms with van der Waals surface area (Å²) in [4.78, 5) is 23.3. The number of esters is 1. The van der Waals surface area contributed by atoms with Crippen LogP contribution in [0.2, 0.25) is 0 Å². The van der Waals surface area contributed by atoms with Crippen molar-refractivity contribution in [2.75, 3.05) is 0 Å². The molecule has 0 aromatic rings. The Morgan fingerprint density at radius 2 is 0.884 bits per heavy atom. The maximum atomic E-state index is 12.5. The molecule has 254 valence electrons. The summed E-state index contributed by atoms with van der Waals surface area (Å²) in [5.74, 6) is -0.777. The molecule has 4 heteroatoms. The van der Waals surface area contributed by atoms with Crippen LogP contribution in [0, 0.1) is 0 Å². The molecule has 0 amide bonds. The number of carboxylic acids is 1. The molecular weight excluding hydrogens is 532 g/mol. The summed E-state index contributed by atoms with van der Waals surface area (Å²) in [6, 6.07) is 0. The quantitative estimate of drug-likeness (QED) is 0.0443. The van der Waals surface area contributed by atoms with Crippen molar-refractivity contribution in [3.05, 3.63) is 12.2 Å². The average molecular weight is 607 g/mol. The van der Waals surface area contributed by atoms with Gasteiger partial charge < -0.3 is 9.84 Å². The van der Waals surface area contributed by atoms with E-state index in [1.54, 1.807) is 0 Å². The third kappa shape index (κ3) is 35.0. The molecule has 0 heterocycles. The lowest BCUT2D eigenvalue weighted by Crippen LogP contribution is -2.16. The smallest absolute Gasteiger partial charge is 0.306 e. The molecule has 0 fully saturated rings. The van der Waals surface area contributed by atoms with Gasteiger partial charge in [-0.2, -0.15) is 0 Å². The number of rotatable bonds is 35. The first-order chi connectivity index (χ1) is 21.1. The third-order valence-corrected chi connectivity index (χ3v) is 8.72. The highest BCUT2D eigenvalue weighted by Gasteiger charge is 2.11. The van der Waals surface area contributed by atoms with Gasteiger partial charge in [-0.15, -0.1) is 0 Å². The Balaban J connectivity index is 3.87. The van der Waals surface area contributed by atoms with E-state index in [2.05, 4.69) is 26.0 Å². The molecule has 0 aromatic carbocycles. The molecule has 0 aliphatic carbocycles. The Bertz CT molecular complexity index is 614. The molecule has 0 saturated heterocycles. The number of aliphatic carboxylic acids is 1. The molecule has 0 spiro atoms. The summed E-state index contributed by atoms with van der Waals surface area (Å²) in [6.45, 7) is 4.53. The molecule has 1 unspecified atom stereocenters. The second-order valence-electron chi connectivity index (χ2n) is 13.1. The minimum absolute atomic E-state index is 0.0587. The van der Waals surface area contributed by atoms with Crippen LogP contribution < -0.4 is 0 Å². The topological polar surface area (TPSA) is 63.6 Å². The van der Waals surface area contributed by atoms with Crippen LogP contribution in [0.5, 0.6) is 0 Å². The van der Waals surface area contributed by atoms with Gasteiger partial charge >= 0.3 is 11.9 Å². The van der Waals surface area contributed by atoms with Crippen molar-refractivity contribution >= 4 is 11.9 Å². The van der Waals surface area contributed by atoms with E-state index in [0.29, 0.717) is 6.42 Å². The van der Waals surface area contributed by atoms with Crippen molar-refractivity contribution in [3.8, 4) is 0 Å². The number of ether oxygens (including phenoxy) is 1. The maximum absolute atomic E-state index is 12.5. The number of hydrogen-bond acceptors (Lipinski definition) is 3. The van der Waals surface area contributed by atoms with Gasteiger partial charge in [-0.25, -0.2) is 0 Å². The lowest BCUT2D eigenvalue weighted by Gasteiger charge is -2.15. The van der Waals surface area contributed by atoms with Crippen LogP contribution in [-0.2, 0) is 14.3 Å². The molecule has 0 saturated carbocycles. The van der Waals surface area contributed by atoms with Gasteiger partial charge in [0.25, 0.3) is 0 Å². The zero-order valence-corrected chi connectivity index (χ0v) is 29.0. The van der Waals surface area contributed by atoms with E-state index in [9.17, 15) is 9.59 Å². The van der Waals surface area contributed by atoms with Crippen LogP contribution >= 0.6 is 0 Å². The highest BCUT2D eigenvalue weighted by molar-refractivity contribution is 5.69. The van der Waals surface area contributed by atoms with Gasteiger partial charge in [-0.05, 0) is 44.6 Å². The van der Waals surface area contributed by atoms with Crippen LogP contribution in [0.25, 0.3) is 0 Å². The standard InChI is InChI=1S/C39H74O4/c1-3-5-7-9-11-13-14-15-16-17-18-19-20-21-22-24-26-32-36-39(42)43-37(34-30-27-28-31-35-38(40)41)33-29-25-23-12-10-8-6-4-2/h29,33,37H,3-28,30-32,34-36H2,1-2H3,(H,40,41)/b33-29-. The van der Waals surface area contributed by atoms with Gasteiger partial charge in [0.1, 0.15) is 6.10 Å². The van der Waals surface area contributed by atoms with E-state index in [1.807, 2.05) is 0 Å². The molecule has 0 radical (unpaired) electrons. The zero-order valence-electron chi connectivity index (χ0n) is 29.0. The van der Waals surface area contributed by atoms with E-state index >= 15 is 0 Å². The van der Waals surface area contributed by atoms with Crippen LogP contribution in [0.1, 0.15) is 219 Å². The van der Waals surface area contributed by atoms with Crippen molar-refractivity contribution in [2.45, 2.75) is 225 Å². The summed E-state index contributed by atoms with van der Waals surface area (Å²) in [5, 5.41) is 8.81. The number of carbonyl (C=O) groups is 2. The summed E-state index contributed by atoms with van der Waals surface area (Å²) < 4.78 is 5.87. The van der Waals surface area contributed by atoms with Crippen LogP contribution in [0.3, 0.4) is 0 Å². The zero-order chi connectivity index (χ0) is 31.5. The Morgan fingerprint density at radius 3 is 1.33 bits per heavy atom. The number of hydrogen-bond donors (Lipinski definition) is 1. The largest absolute Gasteiger partial charge is 0.481 e. The molecule has 43 heavy (non-hydrogen) atoms. The van der Waals surface area contributed by atoms with Crippen molar-refractivity contribution in [3.63, 3.8) is 0 Å². The van der Waals surface area contributed by atoms with Crippen LogP contribution in [-0.4, -0.2) is 23.1 Å². The fourth-order valence-corrected chi connectivity index (χ4v) is 5.86. The first-order valence-corrected chi connectivity index (χ1v) is 19.2. The van der Waals surface area contributed by atoms with Crippen molar-refractivity contribution < 1.29 is 19.4 Å². The highest BCUT2D eigenvalue weighted by atomic mass is 16.5. The first kappa shape index (κ1) is 41.7. The van der Waals surface area contributed by atoms with E-state index in [4.69, 9.17) is 9.84 Å². The lowest BCUT2D eigenvalue weighted by molar-refractivity contribution is -0.147. The van der Waals surface area contributed by atoms with E-state index in [0.717, 1.165) is 51.4 Å². The monoisotopic (exact) mass is 607 g/mol. The van der Waals surface area contributed by atoms with Crippen molar-refractivity contribution in [1.82, 2.24) is 0 Å². The van der Waals surface area contributed by atoms with Crippen molar-refractivity contribution in [1.29, 1.82) is 0 Å². The second kappa shape index (κ2) is 35.2. The predicted octanol–water partition coefficient (Wildman–Crippen LogP) is 13.1. The van der Waals surface area contributed by atoms with Gasteiger partial charge in [0.15, 0.2) is 0 Å². The Morgan fingerprint density at radius 1 is 0.512 bits per heavy atom. The molecule has 0 aromatic heterocycles. The van der Waals surface area contributed by atoms with Crippen LogP contribution in [0.4, 0.5) is 0 Å². The van der Waals surface area contributed by atoms with Gasteiger partial charge in [-0.3, -0.25) is 9.59 Å². The average Bonchev–Trinajstić information content (AvgIpc) is 2.99. The Hall–Kier alpha value is -1.32. The van der Waals surface area contributed by atoms with E-state index in [-0.39, 0.29) is 18.5 Å². The number of carboxylic acid groups (broad SMARTS) is 1. The summed E-state index contributed by atoms with van der Waals surface area (Å²) in [6.07, 6.45) is 42.5.